The van der Waals surface area contributed by atoms with Crippen LogP contribution in [0.4, 0.5) is 0 Å². The first kappa shape index (κ1) is 24.0. The van der Waals surface area contributed by atoms with Crippen molar-refractivity contribution in [3.8, 4) is 33.4 Å². The van der Waals surface area contributed by atoms with E-state index in [0.717, 1.165) is 16.6 Å². The van der Waals surface area contributed by atoms with Crippen molar-refractivity contribution in [3.05, 3.63) is 158 Å². The fraction of sp³-hybridized carbons (Fsp3) is 0. The lowest BCUT2D eigenvalue weighted by atomic mass is 9.91. The maximum absolute atomic E-state index is 6.16. The zero-order valence-electron chi connectivity index (χ0n) is 23.4. The third-order valence-corrected chi connectivity index (χ3v) is 8.87. The molecule has 1 heterocycles. The second-order valence-electron chi connectivity index (χ2n) is 11.3. The minimum atomic E-state index is 0.921. The van der Waals surface area contributed by atoms with Crippen molar-refractivity contribution in [2.45, 2.75) is 0 Å². The van der Waals surface area contributed by atoms with Crippen LogP contribution in [-0.2, 0) is 0 Å². The van der Waals surface area contributed by atoms with Crippen LogP contribution in [0.2, 0.25) is 0 Å². The number of furan rings is 1. The smallest absolute Gasteiger partial charge is 0.136 e. The zero-order valence-corrected chi connectivity index (χ0v) is 23.4. The van der Waals surface area contributed by atoms with Crippen LogP contribution in [0.5, 0.6) is 0 Å². The standard InChI is InChI=1S/C42H26O/c1-2-13-35-33(11-1)34-12-3-4-14-36(34)39-26-30(23-24-37(35)39)28-21-19-27(20-22-28)29-9-7-10-31(25-29)32-16-8-18-41-42(32)38-15-5-6-17-40(38)43-41/h1-26H. The minimum Gasteiger partial charge on any atom is -0.456 e. The lowest BCUT2D eigenvalue weighted by Crippen LogP contribution is -1.86. The van der Waals surface area contributed by atoms with E-state index in [1.165, 1.54) is 71.1 Å². The van der Waals surface area contributed by atoms with Crippen LogP contribution in [0.25, 0.3) is 87.6 Å². The molecule has 1 heteroatoms. The molecule has 0 bridgehead atoms. The van der Waals surface area contributed by atoms with Crippen molar-refractivity contribution in [2.75, 3.05) is 0 Å². The largest absolute Gasteiger partial charge is 0.456 e. The second-order valence-corrected chi connectivity index (χ2v) is 11.3. The Kier molecular flexibility index (Phi) is 5.27. The van der Waals surface area contributed by atoms with Crippen LogP contribution in [0.15, 0.2) is 162 Å². The molecular formula is C42H26O. The maximum atomic E-state index is 6.16. The molecule has 0 N–H and O–H groups in total. The molecule has 9 aromatic rings. The van der Waals surface area contributed by atoms with Gasteiger partial charge in [-0.3, -0.25) is 0 Å². The Bertz CT molecular complexity index is 2460. The monoisotopic (exact) mass is 546 g/mol. The van der Waals surface area contributed by atoms with Gasteiger partial charge in [0.25, 0.3) is 0 Å². The van der Waals surface area contributed by atoms with Crippen LogP contribution in [0.1, 0.15) is 0 Å². The molecule has 200 valence electrons. The summed E-state index contributed by atoms with van der Waals surface area (Å²) in [7, 11) is 0. The number of hydrogen-bond acceptors (Lipinski definition) is 1. The van der Waals surface area contributed by atoms with Gasteiger partial charge in [-0.25, -0.2) is 0 Å². The van der Waals surface area contributed by atoms with Gasteiger partial charge < -0.3 is 4.42 Å². The highest BCUT2D eigenvalue weighted by molar-refractivity contribution is 6.25. The van der Waals surface area contributed by atoms with Crippen molar-refractivity contribution >= 4 is 54.3 Å². The van der Waals surface area contributed by atoms with Crippen LogP contribution in [0.3, 0.4) is 0 Å². The summed E-state index contributed by atoms with van der Waals surface area (Å²) in [6, 6.07) is 56.8. The van der Waals surface area contributed by atoms with Gasteiger partial charge in [-0.05, 0) is 90.0 Å². The molecule has 0 aliphatic carbocycles. The minimum absolute atomic E-state index is 0.921. The van der Waals surface area contributed by atoms with Gasteiger partial charge in [0.1, 0.15) is 11.2 Å². The van der Waals surface area contributed by atoms with E-state index in [4.69, 9.17) is 4.42 Å². The summed E-state index contributed by atoms with van der Waals surface area (Å²) in [6.07, 6.45) is 0. The second kappa shape index (κ2) is 9.44. The SMILES string of the molecule is c1cc(-c2ccc(-c3ccc4c5ccccc5c5ccccc5c4c3)cc2)cc(-c2cccc3oc4ccccc4c23)c1. The van der Waals surface area contributed by atoms with Gasteiger partial charge in [0.2, 0.25) is 0 Å². The Labute approximate surface area is 249 Å². The quantitative estimate of drug-likeness (QED) is 0.201. The van der Waals surface area contributed by atoms with Gasteiger partial charge in [-0.2, -0.15) is 0 Å². The summed E-state index contributed by atoms with van der Waals surface area (Å²) in [5, 5.41) is 10.1. The fourth-order valence-corrected chi connectivity index (χ4v) is 6.82. The first-order valence-corrected chi connectivity index (χ1v) is 14.8. The van der Waals surface area contributed by atoms with Crippen molar-refractivity contribution in [2.24, 2.45) is 0 Å². The summed E-state index contributed by atoms with van der Waals surface area (Å²) in [5.74, 6) is 0. The summed E-state index contributed by atoms with van der Waals surface area (Å²) >= 11 is 0. The predicted molar refractivity (Wildman–Crippen MR) is 183 cm³/mol. The predicted octanol–water partition coefficient (Wildman–Crippen LogP) is 12.0. The molecule has 1 aromatic heterocycles. The molecule has 0 spiro atoms. The molecule has 0 aliphatic rings. The number of hydrogen-bond donors (Lipinski definition) is 0. The molecular weight excluding hydrogens is 520 g/mol. The average molecular weight is 547 g/mol. The van der Waals surface area contributed by atoms with Gasteiger partial charge in [-0.1, -0.05) is 133 Å². The summed E-state index contributed by atoms with van der Waals surface area (Å²) in [5.41, 5.74) is 9.07. The number of rotatable bonds is 3. The highest BCUT2D eigenvalue weighted by atomic mass is 16.3. The van der Waals surface area contributed by atoms with E-state index in [9.17, 15) is 0 Å². The first-order valence-electron chi connectivity index (χ1n) is 14.8. The van der Waals surface area contributed by atoms with Crippen molar-refractivity contribution in [1.82, 2.24) is 0 Å². The van der Waals surface area contributed by atoms with Crippen LogP contribution < -0.4 is 0 Å². The van der Waals surface area contributed by atoms with Gasteiger partial charge >= 0.3 is 0 Å². The fourth-order valence-electron chi connectivity index (χ4n) is 6.82. The van der Waals surface area contributed by atoms with E-state index in [0.29, 0.717) is 0 Å². The molecule has 0 saturated carbocycles. The highest BCUT2D eigenvalue weighted by Crippen LogP contribution is 2.39. The molecule has 0 fully saturated rings. The van der Waals surface area contributed by atoms with E-state index in [1.54, 1.807) is 0 Å². The van der Waals surface area contributed by atoms with E-state index < -0.39 is 0 Å². The van der Waals surface area contributed by atoms with Crippen molar-refractivity contribution < 1.29 is 4.42 Å². The Balaban J connectivity index is 1.12. The summed E-state index contributed by atoms with van der Waals surface area (Å²) < 4.78 is 6.16. The molecule has 1 nitrogen and oxygen atoms in total. The molecule has 43 heavy (non-hydrogen) atoms. The summed E-state index contributed by atoms with van der Waals surface area (Å²) in [6.45, 7) is 0. The lowest BCUT2D eigenvalue weighted by Gasteiger charge is -2.12. The molecule has 9 rings (SSSR count). The molecule has 0 amide bonds. The van der Waals surface area contributed by atoms with Gasteiger partial charge in [0.05, 0.1) is 0 Å². The third kappa shape index (κ3) is 3.79. The topological polar surface area (TPSA) is 13.1 Å². The highest BCUT2D eigenvalue weighted by Gasteiger charge is 2.13. The van der Waals surface area contributed by atoms with Gasteiger partial charge in [-0.15, -0.1) is 0 Å². The Morgan fingerprint density at radius 3 is 1.47 bits per heavy atom. The first-order chi connectivity index (χ1) is 21.3. The molecule has 0 atom stereocenters. The number of benzene rings is 8. The normalized spacial score (nSPS) is 11.7. The van der Waals surface area contributed by atoms with Crippen molar-refractivity contribution in [1.29, 1.82) is 0 Å². The molecule has 8 aromatic carbocycles. The zero-order chi connectivity index (χ0) is 28.3. The van der Waals surface area contributed by atoms with Gasteiger partial charge in [0, 0.05) is 10.8 Å². The molecule has 0 aliphatic heterocycles. The van der Waals surface area contributed by atoms with E-state index in [-0.39, 0.29) is 0 Å². The average Bonchev–Trinajstić information content (AvgIpc) is 3.47. The Hall–Kier alpha value is -5.66. The number of para-hydroxylation sites is 1. The Morgan fingerprint density at radius 2 is 0.767 bits per heavy atom. The van der Waals surface area contributed by atoms with Crippen LogP contribution in [0, 0.1) is 0 Å². The third-order valence-electron chi connectivity index (χ3n) is 8.87. The molecule has 0 unspecified atom stereocenters. The molecule has 0 radical (unpaired) electrons. The Morgan fingerprint density at radius 1 is 0.279 bits per heavy atom. The summed E-state index contributed by atoms with van der Waals surface area (Å²) in [4.78, 5) is 0. The lowest BCUT2D eigenvalue weighted by molar-refractivity contribution is 0.669. The maximum Gasteiger partial charge on any atom is 0.136 e. The van der Waals surface area contributed by atoms with E-state index >= 15 is 0 Å². The van der Waals surface area contributed by atoms with Crippen LogP contribution >= 0.6 is 0 Å². The number of fused-ring (bicyclic) bond motifs is 9. The molecule has 0 saturated heterocycles. The van der Waals surface area contributed by atoms with E-state index in [2.05, 4.69) is 146 Å². The van der Waals surface area contributed by atoms with Gasteiger partial charge in [0.15, 0.2) is 0 Å². The van der Waals surface area contributed by atoms with Crippen molar-refractivity contribution in [3.63, 3.8) is 0 Å². The van der Waals surface area contributed by atoms with Crippen LogP contribution in [-0.4, -0.2) is 0 Å². The van der Waals surface area contributed by atoms with E-state index in [1.807, 2.05) is 12.1 Å².